The molecule has 1 aromatic heterocycles. The van der Waals surface area contributed by atoms with Crippen molar-refractivity contribution < 1.29 is 9.32 Å². The van der Waals surface area contributed by atoms with Crippen LogP contribution in [0.15, 0.2) is 28.8 Å². The summed E-state index contributed by atoms with van der Waals surface area (Å²) in [6.07, 6.45) is 2.57. The highest BCUT2D eigenvalue weighted by Gasteiger charge is 2.31. The first-order valence-corrected chi connectivity index (χ1v) is 8.13. The highest BCUT2D eigenvalue weighted by atomic mass is 16.5. The molecule has 4 rings (SSSR count). The quantitative estimate of drug-likeness (QED) is 0.919. The standard InChI is InChI=1S/C17H21N3O2/c21-17(9-15-14-3-1-2-4-16(14)22-19-15)20-7-5-12-10-18-11-13(12)6-8-20/h1-4,12-13,18H,5-11H2/t12-,13+. The Bertz CT molecular complexity index is 667. The van der Waals surface area contributed by atoms with Crippen molar-refractivity contribution >= 4 is 16.9 Å². The Hall–Kier alpha value is -1.88. The number of aromatic nitrogens is 1. The van der Waals surface area contributed by atoms with Crippen molar-refractivity contribution in [3.05, 3.63) is 30.0 Å². The first-order valence-electron chi connectivity index (χ1n) is 8.13. The van der Waals surface area contributed by atoms with Gasteiger partial charge in [-0.15, -0.1) is 0 Å². The molecule has 116 valence electrons. The zero-order valence-electron chi connectivity index (χ0n) is 12.6. The first-order chi connectivity index (χ1) is 10.8. The third-order valence-corrected chi connectivity index (χ3v) is 5.14. The number of rotatable bonds is 2. The Morgan fingerprint density at radius 1 is 1.23 bits per heavy atom. The van der Waals surface area contributed by atoms with Crippen molar-refractivity contribution in [1.82, 2.24) is 15.4 Å². The molecule has 2 fully saturated rings. The number of carbonyl (C=O) groups excluding carboxylic acids is 1. The molecule has 0 unspecified atom stereocenters. The van der Waals surface area contributed by atoms with E-state index in [1.54, 1.807) is 0 Å². The number of hydrogen-bond donors (Lipinski definition) is 1. The summed E-state index contributed by atoms with van der Waals surface area (Å²) in [6, 6.07) is 7.72. The Morgan fingerprint density at radius 2 is 1.95 bits per heavy atom. The number of nitrogens with one attached hydrogen (secondary N) is 1. The van der Waals surface area contributed by atoms with Gasteiger partial charge >= 0.3 is 0 Å². The Balaban J connectivity index is 1.45. The van der Waals surface area contributed by atoms with Crippen LogP contribution in [0.25, 0.3) is 11.0 Å². The van der Waals surface area contributed by atoms with Crippen molar-refractivity contribution in [3.8, 4) is 0 Å². The summed E-state index contributed by atoms with van der Waals surface area (Å²) >= 11 is 0. The minimum Gasteiger partial charge on any atom is -0.356 e. The van der Waals surface area contributed by atoms with Crippen LogP contribution in [0, 0.1) is 11.8 Å². The monoisotopic (exact) mass is 299 g/mol. The molecule has 2 atom stereocenters. The smallest absolute Gasteiger partial charge is 0.228 e. The molecule has 5 nitrogen and oxygen atoms in total. The second-order valence-electron chi connectivity index (χ2n) is 6.44. The third kappa shape index (κ3) is 2.50. The van der Waals surface area contributed by atoms with Gasteiger partial charge in [0.25, 0.3) is 0 Å². The molecular weight excluding hydrogens is 278 g/mol. The van der Waals surface area contributed by atoms with Gasteiger partial charge in [-0.1, -0.05) is 17.3 Å². The van der Waals surface area contributed by atoms with Gasteiger partial charge in [0, 0.05) is 18.5 Å². The summed E-state index contributed by atoms with van der Waals surface area (Å²) in [5.41, 5.74) is 1.51. The fourth-order valence-corrected chi connectivity index (χ4v) is 3.79. The van der Waals surface area contributed by atoms with Crippen LogP contribution in [-0.2, 0) is 11.2 Å². The Morgan fingerprint density at radius 3 is 2.73 bits per heavy atom. The third-order valence-electron chi connectivity index (χ3n) is 5.14. The second kappa shape index (κ2) is 5.72. The van der Waals surface area contributed by atoms with Crippen molar-refractivity contribution in [1.29, 1.82) is 0 Å². The van der Waals surface area contributed by atoms with Gasteiger partial charge in [-0.3, -0.25) is 4.79 Å². The summed E-state index contributed by atoms with van der Waals surface area (Å²) in [5.74, 6) is 1.66. The lowest BCUT2D eigenvalue weighted by molar-refractivity contribution is -0.130. The summed E-state index contributed by atoms with van der Waals surface area (Å²) < 4.78 is 5.29. The molecule has 0 radical (unpaired) electrons. The average molecular weight is 299 g/mol. The van der Waals surface area contributed by atoms with Crippen LogP contribution >= 0.6 is 0 Å². The predicted molar refractivity (Wildman–Crippen MR) is 83.4 cm³/mol. The minimum absolute atomic E-state index is 0.173. The predicted octanol–water partition coefficient (Wildman–Crippen LogP) is 1.83. The van der Waals surface area contributed by atoms with Crippen LogP contribution in [0.5, 0.6) is 0 Å². The molecule has 1 aromatic carbocycles. The largest absolute Gasteiger partial charge is 0.356 e. The molecule has 3 heterocycles. The molecule has 0 bridgehead atoms. The zero-order valence-corrected chi connectivity index (χ0v) is 12.6. The fraction of sp³-hybridized carbons (Fsp3) is 0.529. The minimum atomic E-state index is 0.173. The molecular formula is C17H21N3O2. The first kappa shape index (κ1) is 13.8. The van der Waals surface area contributed by atoms with Gasteiger partial charge in [-0.2, -0.15) is 0 Å². The SMILES string of the molecule is O=C(Cc1noc2ccccc12)N1CC[C@@H]2CNC[C@@H]2CC1. The molecule has 5 heteroatoms. The number of hydrogen-bond acceptors (Lipinski definition) is 4. The average Bonchev–Trinajstić information content (AvgIpc) is 3.10. The van der Waals surface area contributed by atoms with Crippen molar-refractivity contribution in [2.24, 2.45) is 11.8 Å². The molecule has 2 aliphatic heterocycles. The number of carbonyl (C=O) groups is 1. The van der Waals surface area contributed by atoms with Gasteiger partial charge in [0.2, 0.25) is 5.91 Å². The van der Waals surface area contributed by atoms with E-state index in [1.807, 2.05) is 29.2 Å². The van der Waals surface area contributed by atoms with Gasteiger partial charge in [0.05, 0.1) is 6.42 Å². The van der Waals surface area contributed by atoms with Crippen LogP contribution in [0.3, 0.4) is 0 Å². The lowest BCUT2D eigenvalue weighted by Crippen LogP contribution is -2.34. The lowest BCUT2D eigenvalue weighted by Gasteiger charge is -2.20. The lowest BCUT2D eigenvalue weighted by atomic mass is 9.92. The maximum atomic E-state index is 12.6. The summed E-state index contributed by atoms with van der Waals surface area (Å²) in [7, 11) is 0. The summed E-state index contributed by atoms with van der Waals surface area (Å²) in [6.45, 7) is 3.97. The number of benzene rings is 1. The Labute approximate surface area is 129 Å². The van der Waals surface area contributed by atoms with Crippen LogP contribution in [0.4, 0.5) is 0 Å². The van der Waals surface area contributed by atoms with E-state index in [0.717, 1.165) is 67.5 Å². The van der Waals surface area contributed by atoms with Crippen molar-refractivity contribution in [3.63, 3.8) is 0 Å². The van der Waals surface area contributed by atoms with Crippen LogP contribution in [0.2, 0.25) is 0 Å². The topological polar surface area (TPSA) is 58.4 Å². The van der Waals surface area contributed by atoms with E-state index >= 15 is 0 Å². The number of amides is 1. The van der Waals surface area contributed by atoms with Gasteiger partial charge in [0.15, 0.2) is 5.58 Å². The maximum Gasteiger partial charge on any atom is 0.228 e. The van der Waals surface area contributed by atoms with Crippen molar-refractivity contribution in [2.45, 2.75) is 19.3 Å². The van der Waals surface area contributed by atoms with E-state index in [2.05, 4.69) is 10.5 Å². The van der Waals surface area contributed by atoms with Gasteiger partial charge in [-0.05, 0) is 49.9 Å². The number of para-hydroxylation sites is 1. The van der Waals surface area contributed by atoms with E-state index in [1.165, 1.54) is 0 Å². The molecule has 1 amide bonds. The molecule has 2 aromatic rings. The van der Waals surface area contributed by atoms with Crippen LogP contribution in [-0.4, -0.2) is 42.1 Å². The van der Waals surface area contributed by atoms with E-state index in [4.69, 9.17) is 4.52 Å². The zero-order chi connectivity index (χ0) is 14.9. The molecule has 0 saturated carbocycles. The highest BCUT2D eigenvalue weighted by molar-refractivity contribution is 5.86. The number of nitrogens with zero attached hydrogens (tertiary/aromatic N) is 2. The molecule has 0 aliphatic carbocycles. The second-order valence-corrected chi connectivity index (χ2v) is 6.44. The van der Waals surface area contributed by atoms with Gasteiger partial charge in [-0.25, -0.2) is 0 Å². The van der Waals surface area contributed by atoms with E-state index in [9.17, 15) is 4.79 Å². The van der Waals surface area contributed by atoms with Gasteiger partial charge in [0.1, 0.15) is 5.69 Å². The van der Waals surface area contributed by atoms with Crippen LogP contribution in [0.1, 0.15) is 18.5 Å². The number of fused-ring (bicyclic) bond motifs is 2. The number of likely N-dealkylation sites (tertiary alicyclic amines) is 1. The molecule has 0 spiro atoms. The summed E-state index contributed by atoms with van der Waals surface area (Å²) in [4.78, 5) is 14.6. The highest BCUT2D eigenvalue weighted by Crippen LogP contribution is 2.27. The molecule has 2 saturated heterocycles. The van der Waals surface area contributed by atoms with E-state index in [-0.39, 0.29) is 5.91 Å². The van der Waals surface area contributed by atoms with E-state index < -0.39 is 0 Å². The van der Waals surface area contributed by atoms with Crippen molar-refractivity contribution in [2.75, 3.05) is 26.2 Å². The fourth-order valence-electron chi connectivity index (χ4n) is 3.79. The molecule has 1 N–H and O–H groups in total. The Kier molecular flexibility index (Phi) is 3.58. The van der Waals surface area contributed by atoms with Gasteiger partial charge < -0.3 is 14.7 Å². The molecule has 2 aliphatic rings. The summed E-state index contributed by atoms with van der Waals surface area (Å²) in [5, 5.41) is 8.50. The van der Waals surface area contributed by atoms with Crippen LogP contribution < -0.4 is 5.32 Å². The molecule has 22 heavy (non-hydrogen) atoms. The normalized spacial score (nSPS) is 25.2. The maximum absolute atomic E-state index is 12.6. The van der Waals surface area contributed by atoms with E-state index in [0.29, 0.717) is 6.42 Å².